The number of hydrogen-bond acceptors (Lipinski definition) is 1. The summed E-state index contributed by atoms with van der Waals surface area (Å²) in [5.74, 6) is 2.34. The van der Waals surface area contributed by atoms with E-state index in [-0.39, 0.29) is 0 Å². The number of unbranched alkanes of at least 4 members (excludes halogenated alkanes) is 1. The van der Waals surface area contributed by atoms with Crippen molar-refractivity contribution in [3.05, 3.63) is 46.9 Å². The normalized spacial score (nSPS) is 13.2. The van der Waals surface area contributed by atoms with E-state index in [0.717, 1.165) is 25.0 Å². The lowest BCUT2D eigenvalue weighted by molar-refractivity contribution is 0.473. The van der Waals surface area contributed by atoms with E-state index < -0.39 is 0 Å². The van der Waals surface area contributed by atoms with E-state index in [2.05, 4.69) is 38.1 Å². The van der Waals surface area contributed by atoms with Crippen LogP contribution in [-0.2, 0) is 19.3 Å². The van der Waals surface area contributed by atoms with Gasteiger partial charge in [0.05, 0.1) is 0 Å². The Morgan fingerprint density at radius 1 is 1.17 bits per heavy atom. The Morgan fingerprint density at radius 2 is 2.00 bits per heavy atom. The molecule has 0 spiro atoms. The first-order chi connectivity index (χ1) is 8.81. The van der Waals surface area contributed by atoms with Gasteiger partial charge in [-0.1, -0.05) is 37.6 Å². The lowest BCUT2D eigenvalue weighted by Gasteiger charge is -2.16. The third-order valence-corrected chi connectivity index (χ3v) is 3.96. The summed E-state index contributed by atoms with van der Waals surface area (Å²) in [6, 6.07) is 8.75. The molecule has 0 amide bonds. The Bertz CT molecular complexity index is 563. The van der Waals surface area contributed by atoms with Gasteiger partial charge in [-0.2, -0.15) is 0 Å². The Hall–Kier alpha value is -1.50. The van der Waals surface area contributed by atoms with Crippen molar-refractivity contribution < 1.29 is 4.42 Å². The van der Waals surface area contributed by atoms with Crippen molar-refractivity contribution >= 4 is 0 Å². The third-order valence-electron chi connectivity index (χ3n) is 3.96. The van der Waals surface area contributed by atoms with Crippen LogP contribution in [0.15, 0.2) is 28.7 Å². The highest BCUT2D eigenvalue weighted by molar-refractivity contribution is 5.75. The van der Waals surface area contributed by atoms with E-state index in [0.29, 0.717) is 0 Å². The predicted molar refractivity (Wildman–Crippen MR) is 74.9 cm³/mol. The molecule has 94 valence electrons. The molecule has 3 rings (SSSR count). The van der Waals surface area contributed by atoms with E-state index in [9.17, 15) is 0 Å². The number of benzene rings is 1. The van der Waals surface area contributed by atoms with Crippen LogP contribution in [0.2, 0.25) is 0 Å². The third kappa shape index (κ3) is 1.78. The minimum Gasteiger partial charge on any atom is -0.465 e. The summed E-state index contributed by atoms with van der Waals surface area (Å²) in [7, 11) is 0. The molecule has 0 N–H and O–H groups in total. The van der Waals surface area contributed by atoms with Gasteiger partial charge >= 0.3 is 0 Å². The molecule has 0 saturated heterocycles. The fourth-order valence-electron chi connectivity index (χ4n) is 3.05. The molecular weight excluding hydrogens is 220 g/mol. The quantitative estimate of drug-likeness (QED) is 0.758. The molecule has 0 saturated carbocycles. The Balaban J connectivity index is 2.08. The Kier molecular flexibility index (Phi) is 2.99. The van der Waals surface area contributed by atoms with Crippen LogP contribution in [-0.4, -0.2) is 0 Å². The van der Waals surface area contributed by atoms with Crippen LogP contribution < -0.4 is 0 Å². The first kappa shape index (κ1) is 11.6. The number of furan rings is 1. The molecule has 0 aliphatic heterocycles. The summed E-state index contributed by atoms with van der Waals surface area (Å²) in [5, 5.41) is 0. The summed E-state index contributed by atoms with van der Waals surface area (Å²) in [6.45, 7) is 4.34. The van der Waals surface area contributed by atoms with Crippen molar-refractivity contribution in [1.29, 1.82) is 0 Å². The molecule has 0 fully saturated rings. The predicted octanol–water partition coefficient (Wildman–Crippen LogP) is 4.70. The second kappa shape index (κ2) is 4.64. The van der Waals surface area contributed by atoms with E-state index in [1.54, 1.807) is 0 Å². The topological polar surface area (TPSA) is 13.1 Å². The molecule has 1 nitrogen and oxygen atoms in total. The SMILES string of the molecule is CCCCc1oc(C)c2c1CCc1ccccc1-2. The summed E-state index contributed by atoms with van der Waals surface area (Å²) in [5.41, 5.74) is 5.71. The number of aryl methyl sites for hydroxylation is 3. The zero-order valence-corrected chi connectivity index (χ0v) is 11.3. The van der Waals surface area contributed by atoms with Crippen molar-refractivity contribution in [1.82, 2.24) is 0 Å². The van der Waals surface area contributed by atoms with Crippen molar-refractivity contribution in [3.8, 4) is 11.1 Å². The molecule has 1 heteroatoms. The fourth-order valence-corrected chi connectivity index (χ4v) is 3.05. The van der Waals surface area contributed by atoms with Gasteiger partial charge in [0.25, 0.3) is 0 Å². The van der Waals surface area contributed by atoms with Gasteiger partial charge in [-0.3, -0.25) is 0 Å². The maximum atomic E-state index is 6.03. The largest absolute Gasteiger partial charge is 0.465 e. The average molecular weight is 240 g/mol. The van der Waals surface area contributed by atoms with Gasteiger partial charge in [-0.05, 0) is 37.3 Å². The maximum Gasteiger partial charge on any atom is 0.109 e. The fraction of sp³-hybridized carbons (Fsp3) is 0.412. The number of hydrogen-bond donors (Lipinski definition) is 0. The van der Waals surface area contributed by atoms with Gasteiger partial charge in [0, 0.05) is 17.5 Å². The number of fused-ring (bicyclic) bond motifs is 3. The Labute approximate surface area is 109 Å². The summed E-state index contributed by atoms with van der Waals surface area (Å²) in [4.78, 5) is 0. The van der Waals surface area contributed by atoms with E-state index >= 15 is 0 Å². The number of rotatable bonds is 3. The molecule has 1 aliphatic carbocycles. The smallest absolute Gasteiger partial charge is 0.109 e. The molecule has 0 atom stereocenters. The molecule has 1 aromatic carbocycles. The van der Waals surface area contributed by atoms with Gasteiger partial charge in [0.15, 0.2) is 0 Å². The lowest BCUT2D eigenvalue weighted by Crippen LogP contribution is -2.04. The molecule has 0 unspecified atom stereocenters. The van der Waals surface area contributed by atoms with Gasteiger partial charge in [-0.15, -0.1) is 0 Å². The van der Waals surface area contributed by atoms with Crippen LogP contribution in [0.5, 0.6) is 0 Å². The van der Waals surface area contributed by atoms with Crippen molar-refractivity contribution in [2.24, 2.45) is 0 Å². The van der Waals surface area contributed by atoms with Crippen LogP contribution in [0.25, 0.3) is 11.1 Å². The van der Waals surface area contributed by atoms with Crippen molar-refractivity contribution in [2.45, 2.75) is 46.0 Å². The zero-order valence-electron chi connectivity index (χ0n) is 11.3. The van der Waals surface area contributed by atoms with Crippen molar-refractivity contribution in [2.75, 3.05) is 0 Å². The second-order valence-corrected chi connectivity index (χ2v) is 5.20. The lowest BCUT2D eigenvalue weighted by atomic mass is 9.85. The first-order valence-corrected chi connectivity index (χ1v) is 7.00. The van der Waals surface area contributed by atoms with Gasteiger partial charge in [-0.25, -0.2) is 0 Å². The van der Waals surface area contributed by atoms with E-state index in [1.165, 1.54) is 40.9 Å². The minimum absolute atomic E-state index is 1.09. The van der Waals surface area contributed by atoms with Gasteiger partial charge < -0.3 is 4.42 Å². The highest BCUT2D eigenvalue weighted by atomic mass is 16.3. The molecule has 2 aromatic rings. The van der Waals surface area contributed by atoms with Crippen molar-refractivity contribution in [3.63, 3.8) is 0 Å². The van der Waals surface area contributed by atoms with Gasteiger partial charge in [0.1, 0.15) is 11.5 Å². The van der Waals surface area contributed by atoms with Crippen LogP contribution >= 0.6 is 0 Å². The molecule has 1 aromatic heterocycles. The van der Waals surface area contributed by atoms with E-state index in [4.69, 9.17) is 4.42 Å². The highest BCUT2D eigenvalue weighted by Crippen LogP contribution is 2.39. The van der Waals surface area contributed by atoms with Gasteiger partial charge in [0.2, 0.25) is 0 Å². The summed E-state index contributed by atoms with van der Waals surface area (Å²) < 4.78 is 6.03. The molecule has 0 radical (unpaired) electrons. The zero-order chi connectivity index (χ0) is 12.5. The average Bonchev–Trinajstić information content (AvgIpc) is 2.73. The minimum atomic E-state index is 1.09. The van der Waals surface area contributed by atoms with Crippen LogP contribution in [0.4, 0.5) is 0 Å². The molecule has 18 heavy (non-hydrogen) atoms. The monoisotopic (exact) mass is 240 g/mol. The first-order valence-electron chi connectivity index (χ1n) is 7.00. The second-order valence-electron chi connectivity index (χ2n) is 5.20. The maximum absolute atomic E-state index is 6.03. The van der Waals surface area contributed by atoms with E-state index in [1.807, 2.05) is 0 Å². The van der Waals surface area contributed by atoms with Crippen LogP contribution in [0, 0.1) is 6.92 Å². The molecule has 1 heterocycles. The highest BCUT2D eigenvalue weighted by Gasteiger charge is 2.24. The molecular formula is C17H20O. The van der Waals surface area contributed by atoms with Crippen LogP contribution in [0.1, 0.15) is 42.4 Å². The Morgan fingerprint density at radius 3 is 2.83 bits per heavy atom. The van der Waals surface area contributed by atoms with Crippen LogP contribution in [0.3, 0.4) is 0 Å². The summed E-state index contributed by atoms with van der Waals surface area (Å²) >= 11 is 0. The molecule has 0 bridgehead atoms. The molecule has 1 aliphatic rings. The summed E-state index contributed by atoms with van der Waals surface area (Å²) in [6.07, 6.45) is 5.84. The standard InChI is InChI=1S/C17H20O/c1-3-4-9-16-15-11-10-13-7-5-6-8-14(13)17(15)12(2)18-16/h5-8H,3-4,9-11H2,1-2H3.